The average Bonchev–Trinajstić information content (AvgIpc) is 3.01. The van der Waals surface area contributed by atoms with E-state index in [0.717, 1.165) is 23.5 Å². The lowest BCUT2D eigenvalue weighted by Gasteiger charge is -2.04. The van der Waals surface area contributed by atoms with Crippen molar-refractivity contribution < 1.29 is 0 Å². The smallest absolute Gasteiger partial charge is 0.0410 e. The quantitative estimate of drug-likeness (QED) is 0.802. The highest BCUT2D eigenvalue weighted by Gasteiger charge is 2.19. The third kappa shape index (κ3) is 4.31. The van der Waals surface area contributed by atoms with Gasteiger partial charge in [0.25, 0.3) is 0 Å². The van der Waals surface area contributed by atoms with E-state index in [4.69, 9.17) is 0 Å². The number of halogens is 1. The Morgan fingerprint density at radius 2 is 2.27 bits per heavy atom. The molecule has 1 heterocycles. The normalized spacial score (nSPS) is 15.5. The Balaban J connectivity index is 1.60. The zero-order chi connectivity index (χ0) is 10.5. The summed E-state index contributed by atoms with van der Waals surface area (Å²) in [6.07, 6.45) is 9.39. The number of rotatable bonds is 6. The van der Waals surface area contributed by atoms with Crippen LogP contribution >= 0.6 is 15.9 Å². The molecule has 0 unspecified atom stereocenters. The molecule has 2 nitrogen and oxygen atoms in total. The molecule has 0 spiro atoms. The van der Waals surface area contributed by atoms with Crippen LogP contribution < -0.4 is 5.32 Å². The van der Waals surface area contributed by atoms with Crippen molar-refractivity contribution in [2.75, 3.05) is 6.54 Å². The maximum atomic E-state index is 4.13. The number of pyridine rings is 1. The molecule has 0 aliphatic heterocycles. The summed E-state index contributed by atoms with van der Waals surface area (Å²) in [5.74, 6) is 1.05. The summed E-state index contributed by atoms with van der Waals surface area (Å²) < 4.78 is 1.06. The Morgan fingerprint density at radius 3 is 3.00 bits per heavy atom. The minimum atomic E-state index is 0.928. The van der Waals surface area contributed by atoms with E-state index >= 15 is 0 Å². The van der Waals surface area contributed by atoms with Gasteiger partial charge >= 0.3 is 0 Å². The highest BCUT2D eigenvalue weighted by atomic mass is 79.9. The van der Waals surface area contributed by atoms with Gasteiger partial charge < -0.3 is 5.32 Å². The molecule has 82 valence electrons. The van der Waals surface area contributed by atoms with Crippen molar-refractivity contribution in [3.05, 3.63) is 28.5 Å². The predicted octanol–water partition coefficient (Wildman–Crippen LogP) is 3.12. The van der Waals surface area contributed by atoms with Crippen LogP contribution in [-0.2, 0) is 6.54 Å². The third-order valence-electron chi connectivity index (χ3n) is 2.75. The molecule has 1 N–H and O–H groups in total. The summed E-state index contributed by atoms with van der Waals surface area (Å²) in [5.41, 5.74) is 1.25. The summed E-state index contributed by atoms with van der Waals surface area (Å²) in [4.78, 5) is 4.13. The number of nitrogens with zero attached hydrogens (tertiary/aromatic N) is 1. The first-order valence-electron chi connectivity index (χ1n) is 5.65. The number of nitrogens with one attached hydrogen (secondary N) is 1. The third-order valence-corrected chi connectivity index (χ3v) is 3.19. The molecule has 0 aromatic carbocycles. The molecular weight excluding hydrogens is 252 g/mol. The molecule has 1 fully saturated rings. The largest absolute Gasteiger partial charge is 0.313 e. The van der Waals surface area contributed by atoms with E-state index in [2.05, 4.69) is 32.3 Å². The molecule has 1 aromatic heterocycles. The maximum Gasteiger partial charge on any atom is 0.0410 e. The molecule has 15 heavy (non-hydrogen) atoms. The molecule has 1 aliphatic rings. The zero-order valence-corrected chi connectivity index (χ0v) is 10.5. The minimum absolute atomic E-state index is 0.928. The van der Waals surface area contributed by atoms with Crippen molar-refractivity contribution in [2.45, 2.75) is 32.2 Å². The predicted molar refractivity (Wildman–Crippen MR) is 65.6 cm³/mol. The summed E-state index contributed by atoms with van der Waals surface area (Å²) in [5, 5.41) is 3.45. The monoisotopic (exact) mass is 268 g/mol. The Morgan fingerprint density at radius 1 is 1.40 bits per heavy atom. The fraction of sp³-hybridized carbons (Fsp3) is 0.583. The zero-order valence-electron chi connectivity index (χ0n) is 8.88. The molecule has 0 saturated heterocycles. The standard InChI is InChI=1S/C12H17BrN2/c13-12-6-11(8-15-9-12)7-14-5-1-2-10-3-4-10/h6,8-10,14H,1-5,7H2. The van der Waals surface area contributed by atoms with Crippen molar-refractivity contribution in [3.63, 3.8) is 0 Å². The fourth-order valence-electron chi connectivity index (χ4n) is 1.71. The minimum Gasteiger partial charge on any atom is -0.313 e. The average molecular weight is 269 g/mol. The summed E-state index contributed by atoms with van der Waals surface area (Å²) in [6, 6.07) is 2.11. The first-order chi connectivity index (χ1) is 7.34. The van der Waals surface area contributed by atoms with Crippen LogP contribution in [0.1, 0.15) is 31.2 Å². The van der Waals surface area contributed by atoms with Gasteiger partial charge in [0.05, 0.1) is 0 Å². The lowest BCUT2D eigenvalue weighted by atomic mass is 10.2. The van der Waals surface area contributed by atoms with Gasteiger partial charge in [-0.25, -0.2) is 0 Å². The van der Waals surface area contributed by atoms with Gasteiger partial charge in [0.1, 0.15) is 0 Å². The first kappa shape index (κ1) is 11.1. The molecule has 0 radical (unpaired) electrons. The van der Waals surface area contributed by atoms with E-state index in [1.54, 1.807) is 0 Å². The van der Waals surface area contributed by atoms with Gasteiger partial charge in [-0.1, -0.05) is 12.8 Å². The number of hydrogen-bond acceptors (Lipinski definition) is 2. The van der Waals surface area contributed by atoms with Gasteiger partial charge in [0, 0.05) is 23.4 Å². The molecule has 1 saturated carbocycles. The van der Waals surface area contributed by atoms with Gasteiger partial charge in [-0.15, -0.1) is 0 Å². The van der Waals surface area contributed by atoms with Crippen LogP contribution in [0.4, 0.5) is 0 Å². The summed E-state index contributed by atoms with van der Waals surface area (Å²) in [6.45, 7) is 2.06. The molecule has 0 atom stereocenters. The molecule has 1 aliphatic carbocycles. The van der Waals surface area contributed by atoms with E-state index in [1.807, 2.05) is 12.4 Å². The second-order valence-corrected chi connectivity index (χ2v) is 5.19. The molecule has 1 aromatic rings. The molecule has 2 rings (SSSR count). The topological polar surface area (TPSA) is 24.9 Å². The number of aromatic nitrogens is 1. The Kier molecular flexibility index (Phi) is 4.15. The van der Waals surface area contributed by atoms with Gasteiger partial charge in [-0.05, 0) is 52.9 Å². The van der Waals surface area contributed by atoms with Crippen LogP contribution in [0.3, 0.4) is 0 Å². The lowest BCUT2D eigenvalue weighted by molar-refractivity contribution is 0.593. The Bertz CT molecular complexity index is 310. The molecular formula is C12H17BrN2. The summed E-state index contributed by atoms with van der Waals surface area (Å²) in [7, 11) is 0. The highest BCUT2D eigenvalue weighted by Crippen LogP contribution is 2.33. The highest BCUT2D eigenvalue weighted by molar-refractivity contribution is 9.10. The van der Waals surface area contributed by atoms with Crippen molar-refractivity contribution in [3.8, 4) is 0 Å². The Labute approximate surface area is 99.6 Å². The van der Waals surface area contributed by atoms with E-state index < -0.39 is 0 Å². The lowest BCUT2D eigenvalue weighted by Crippen LogP contribution is -2.14. The van der Waals surface area contributed by atoms with Crippen LogP contribution in [0, 0.1) is 5.92 Å². The van der Waals surface area contributed by atoms with Crippen LogP contribution in [-0.4, -0.2) is 11.5 Å². The Hall–Kier alpha value is -0.410. The summed E-state index contributed by atoms with van der Waals surface area (Å²) >= 11 is 3.42. The van der Waals surface area contributed by atoms with Crippen molar-refractivity contribution in [2.24, 2.45) is 5.92 Å². The van der Waals surface area contributed by atoms with Gasteiger partial charge in [0.2, 0.25) is 0 Å². The number of hydrogen-bond donors (Lipinski definition) is 1. The van der Waals surface area contributed by atoms with E-state index in [1.165, 1.54) is 31.2 Å². The maximum absolute atomic E-state index is 4.13. The van der Waals surface area contributed by atoms with Crippen LogP contribution in [0.15, 0.2) is 22.9 Å². The fourth-order valence-corrected chi connectivity index (χ4v) is 2.12. The molecule has 3 heteroatoms. The van der Waals surface area contributed by atoms with E-state index in [9.17, 15) is 0 Å². The van der Waals surface area contributed by atoms with Crippen LogP contribution in [0.5, 0.6) is 0 Å². The van der Waals surface area contributed by atoms with Crippen LogP contribution in [0.25, 0.3) is 0 Å². The van der Waals surface area contributed by atoms with Gasteiger partial charge in [-0.3, -0.25) is 4.98 Å². The van der Waals surface area contributed by atoms with Crippen molar-refractivity contribution in [1.29, 1.82) is 0 Å². The van der Waals surface area contributed by atoms with Crippen molar-refractivity contribution in [1.82, 2.24) is 10.3 Å². The van der Waals surface area contributed by atoms with Crippen LogP contribution in [0.2, 0.25) is 0 Å². The van der Waals surface area contributed by atoms with Gasteiger partial charge in [-0.2, -0.15) is 0 Å². The second kappa shape index (κ2) is 5.61. The molecule has 0 bridgehead atoms. The molecule has 0 amide bonds. The van der Waals surface area contributed by atoms with E-state index in [0.29, 0.717) is 0 Å². The second-order valence-electron chi connectivity index (χ2n) is 4.27. The first-order valence-corrected chi connectivity index (χ1v) is 6.44. The van der Waals surface area contributed by atoms with Crippen molar-refractivity contribution >= 4 is 15.9 Å². The SMILES string of the molecule is Brc1cncc(CNCCCC2CC2)c1. The van der Waals surface area contributed by atoms with Gasteiger partial charge in [0.15, 0.2) is 0 Å². The van der Waals surface area contributed by atoms with E-state index in [-0.39, 0.29) is 0 Å².